The molecule has 2 fully saturated rings. The lowest BCUT2D eigenvalue weighted by atomic mass is 9.85. The Morgan fingerprint density at radius 3 is 2.43 bits per heavy atom. The summed E-state index contributed by atoms with van der Waals surface area (Å²) in [5, 5.41) is 3.71. The zero-order valence-electron chi connectivity index (χ0n) is 10.3. The third kappa shape index (κ3) is 2.50. The summed E-state index contributed by atoms with van der Waals surface area (Å²) < 4.78 is 0. The summed E-state index contributed by atoms with van der Waals surface area (Å²) in [5.74, 6) is 2.87. The molecule has 1 heterocycles. The van der Waals surface area contributed by atoms with Crippen LogP contribution in [-0.4, -0.2) is 12.6 Å². The minimum Gasteiger partial charge on any atom is -0.313 e. The molecule has 1 aliphatic heterocycles. The second-order valence-corrected chi connectivity index (χ2v) is 4.87. The second-order valence-electron chi connectivity index (χ2n) is 4.87. The summed E-state index contributed by atoms with van der Waals surface area (Å²) in [4.78, 5) is 0. The maximum atomic E-state index is 3.71. The molecule has 14 heavy (non-hydrogen) atoms. The van der Waals surface area contributed by atoms with Gasteiger partial charge < -0.3 is 5.32 Å². The predicted molar refractivity (Wildman–Crippen MR) is 63.4 cm³/mol. The summed E-state index contributed by atoms with van der Waals surface area (Å²) in [5.41, 5.74) is 0. The number of piperidine rings is 1. The van der Waals surface area contributed by atoms with Gasteiger partial charge in [-0.05, 0) is 50.0 Å². The number of hydrogen-bond donors (Lipinski definition) is 1. The van der Waals surface area contributed by atoms with Crippen LogP contribution < -0.4 is 5.32 Å². The highest BCUT2D eigenvalue weighted by Gasteiger charge is 2.38. The van der Waals surface area contributed by atoms with Gasteiger partial charge in [0.1, 0.15) is 0 Å². The van der Waals surface area contributed by atoms with E-state index in [1.54, 1.807) is 0 Å². The van der Waals surface area contributed by atoms with Crippen molar-refractivity contribution in [3.05, 3.63) is 0 Å². The lowest BCUT2D eigenvalue weighted by Gasteiger charge is -2.32. The van der Waals surface area contributed by atoms with Crippen LogP contribution in [-0.2, 0) is 0 Å². The first-order chi connectivity index (χ1) is 6.79. The molecule has 2 rings (SSSR count). The van der Waals surface area contributed by atoms with Crippen LogP contribution in [0.15, 0.2) is 0 Å². The summed E-state index contributed by atoms with van der Waals surface area (Å²) in [6.45, 7) is 10.0. The monoisotopic (exact) mass is 197 g/mol. The van der Waals surface area contributed by atoms with Crippen LogP contribution >= 0.6 is 0 Å². The van der Waals surface area contributed by atoms with E-state index in [2.05, 4.69) is 19.2 Å². The van der Waals surface area contributed by atoms with Gasteiger partial charge in [-0.3, -0.25) is 0 Å². The highest BCUT2D eigenvalue weighted by molar-refractivity contribution is 4.93. The van der Waals surface area contributed by atoms with Crippen molar-refractivity contribution in [1.29, 1.82) is 0 Å². The van der Waals surface area contributed by atoms with Crippen LogP contribution in [0.25, 0.3) is 0 Å². The molecule has 1 nitrogen and oxygen atoms in total. The predicted octanol–water partition coefficient (Wildman–Crippen LogP) is 3.45. The summed E-state index contributed by atoms with van der Waals surface area (Å²) in [7, 11) is 0. The third-order valence-electron chi connectivity index (χ3n) is 3.83. The first-order valence-corrected chi connectivity index (χ1v) is 6.52. The van der Waals surface area contributed by atoms with Gasteiger partial charge >= 0.3 is 0 Å². The molecule has 0 aromatic rings. The minimum atomic E-state index is 0.874. The average Bonchev–Trinajstić information content (AvgIpc) is 2.64. The molecule has 1 N–H and O–H groups in total. The normalized spacial score (nSPS) is 36.2. The Balaban J connectivity index is 0.000000461. The molecule has 0 spiro atoms. The first kappa shape index (κ1) is 12.0. The molecule has 1 aliphatic carbocycles. The van der Waals surface area contributed by atoms with Crippen LogP contribution in [0.2, 0.25) is 0 Å². The van der Waals surface area contributed by atoms with E-state index in [9.17, 15) is 0 Å². The number of fused-ring (bicyclic) bond motifs is 1. The van der Waals surface area contributed by atoms with Crippen molar-refractivity contribution in [1.82, 2.24) is 5.32 Å². The van der Waals surface area contributed by atoms with E-state index in [0.717, 1.165) is 23.8 Å². The summed E-state index contributed by atoms with van der Waals surface area (Å²) in [6.07, 6.45) is 5.85. The molecular formula is C13H27N. The van der Waals surface area contributed by atoms with Gasteiger partial charge in [0.25, 0.3) is 0 Å². The van der Waals surface area contributed by atoms with Gasteiger partial charge in [-0.25, -0.2) is 0 Å². The lowest BCUT2D eigenvalue weighted by molar-refractivity contribution is 0.238. The van der Waals surface area contributed by atoms with Gasteiger partial charge in [0.2, 0.25) is 0 Å². The Labute approximate surface area is 89.7 Å². The summed E-state index contributed by atoms with van der Waals surface area (Å²) in [6, 6.07) is 0.874. The minimum absolute atomic E-state index is 0.874. The van der Waals surface area contributed by atoms with Crippen molar-refractivity contribution in [2.24, 2.45) is 17.8 Å². The SMILES string of the molecule is CC.CC(C)C1CCC2CCCNC21. The number of rotatable bonds is 1. The van der Waals surface area contributed by atoms with Crippen LogP contribution in [0.1, 0.15) is 53.4 Å². The van der Waals surface area contributed by atoms with E-state index in [1.807, 2.05) is 13.8 Å². The summed E-state index contributed by atoms with van der Waals surface area (Å²) >= 11 is 0. The van der Waals surface area contributed by atoms with Crippen molar-refractivity contribution in [2.45, 2.75) is 59.4 Å². The fourth-order valence-corrected chi connectivity index (χ4v) is 3.14. The molecule has 1 saturated heterocycles. The zero-order valence-corrected chi connectivity index (χ0v) is 10.3. The Bertz CT molecular complexity index is 153. The topological polar surface area (TPSA) is 12.0 Å². The van der Waals surface area contributed by atoms with E-state index >= 15 is 0 Å². The quantitative estimate of drug-likeness (QED) is 0.679. The van der Waals surface area contributed by atoms with Gasteiger partial charge in [-0.2, -0.15) is 0 Å². The average molecular weight is 197 g/mol. The molecule has 0 bridgehead atoms. The maximum Gasteiger partial charge on any atom is 0.0126 e. The second kappa shape index (κ2) is 5.75. The van der Waals surface area contributed by atoms with Gasteiger partial charge in [0, 0.05) is 6.04 Å². The number of nitrogens with one attached hydrogen (secondary N) is 1. The highest BCUT2D eigenvalue weighted by Crippen LogP contribution is 2.39. The van der Waals surface area contributed by atoms with Crippen LogP contribution in [0.3, 0.4) is 0 Å². The smallest absolute Gasteiger partial charge is 0.0126 e. The van der Waals surface area contributed by atoms with Crippen LogP contribution in [0, 0.1) is 17.8 Å². The molecule has 0 aromatic carbocycles. The fourth-order valence-electron chi connectivity index (χ4n) is 3.14. The zero-order chi connectivity index (χ0) is 10.6. The van der Waals surface area contributed by atoms with Gasteiger partial charge in [0.15, 0.2) is 0 Å². The highest BCUT2D eigenvalue weighted by atomic mass is 14.9. The molecule has 3 unspecified atom stereocenters. The van der Waals surface area contributed by atoms with Crippen molar-refractivity contribution in [3.8, 4) is 0 Å². The van der Waals surface area contributed by atoms with E-state index in [1.165, 1.54) is 32.2 Å². The van der Waals surface area contributed by atoms with Crippen LogP contribution in [0.4, 0.5) is 0 Å². The molecule has 2 aliphatic rings. The molecule has 0 amide bonds. The van der Waals surface area contributed by atoms with E-state index in [4.69, 9.17) is 0 Å². The number of hydrogen-bond acceptors (Lipinski definition) is 1. The van der Waals surface area contributed by atoms with E-state index in [0.29, 0.717) is 0 Å². The molecule has 1 heteroatoms. The lowest BCUT2D eigenvalue weighted by Crippen LogP contribution is -2.43. The van der Waals surface area contributed by atoms with Crippen molar-refractivity contribution < 1.29 is 0 Å². The largest absolute Gasteiger partial charge is 0.313 e. The fraction of sp³-hybridized carbons (Fsp3) is 1.00. The molecule has 3 atom stereocenters. The van der Waals surface area contributed by atoms with Crippen molar-refractivity contribution in [2.75, 3.05) is 6.54 Å². The van der Waals surface area contributed by atoms with E-state index in [-0.39, 0.29) is 0 Å². The Hall–Kier alpha value is -0.0400. The molecule has 84 valence electrons. The third-order valence-corrected chi connectivity index (χ3v) is 3.83. The molecule has 0 aromatic heterocycles. The maximum absolute atomic E-state index is 3.71. The van der Waals surface area contributed by atoms with Gasteiger partial charge in [-0.1, -0.05) is 27.7 Å². The molecular weight excluding hydrogens is 170 g/mol. The van der Waals surface area contributed by atoms with Crippen molar-refractivity contribution >= 4 is 0 Å². The first-order valence-electron chi connectivity index (χ1n) is 6.52. The Kier molecular flexibility index (Phi) is 4.94. The van der Waals surface area contributed by atoms with Crippen LogP contribution in [0.5, 0.6) is 0 Å². The van der Waals surface area contributed by atoms with Gasteiger partial charge in [-0.15, -0.1) is 0 Å². The Morgan fingerprint density at radius 1 is 1.07 bits per heavy atom. The van der Waals surface area contributed by atoms with E-state index < -0.39 is 0 Å². The van der Waals surface area contributed by atoms with Gasteiger partial charge in [0.05, 0.1) is 0 Å². The standard InChI is InChI=1S/C11H21N.C2H6/c1-8(2)10-6-5-9-4-3-7-12-11(9)10;1-2/h8-12H,3-7H2,1-2H3;1-2H3. The van der Waals surface area contributed by atoms with Crippen molar-refractivity contribution in [3.63, 3.8) is 0 Å². The Morgan fingerprint density at radius 2 is 1.79 bits per heavy atom. The molecule has 0 radical (unpaired) electrons. The molecule has 1 saturated carbocycles.